The smallest absolute Gasteiger partial charge is 0.243 e. The Labute approximate surface area is 132 Å². The highest BCUT2D eigenvalue weighted by Gasteiger charge is 2.23. The van der Waals surface area contributed by atoms with Crippen LogP contribution in [0.4, 0.5) is 0 Å². The Morgan fingerprint density at radius 3 is 2.42 bits per heavy atom. The zero-order valence-corrected chi connectivity index (χ0v) is 14.1. The van der Waals surface area contributed by atoms with Crippen LogP contribution in [0.25, 0.3) is 0 Å². The molecule has 2 aliphatic carbocycles. The predicted octanol–water partition coefficient (Wildman–Crippen LogP) is 1.19. The van der Waals surface area contributed by atoms with E-state index in [0.29, 0.717) is 6.04 Å². The van der Waals surface area contributed by atoms with Crippen LogP contribution in [0.5, 0.6) is 0 Å². The van der Waals surface area contributed by atoms with Crippen LogP contribution in [0.15, 0.2) is 4.99 Å². The normalized spacial score (nSPS) is 19.2. The highest BCUT2D eigenvalue weighted by atomic mass is 127. The summed E-state index contributed by atoms with van der Waals surface area (Å²) in [7, 11) is 3.52. The molecule has 6 heteroatoms. The Balaban J connectivity index is 0.00000180. The number of nitrogens with zero attached hydrogens (tertiary/aromatic N) is 2. The summed E-state index contributed by atoms with van der Waals surface area (Å²) in [6.07, 6.45) is 6.42. The van der Waals surface area contributed by atoms with Gasteiger partial charge in [-0.2, -0.15) is 0 Å². The second kappa shape index (κ2) is 7.91. The molecular weight excluding hydrogens is 355 g/mol. The molecule has 2 saturated carbocycles. The topological polar surface area (TPSA) is 56.7 Å². The molecule has 0 aromatic carbocycles. The molecule has 110 valence electrons. The number of hydrogen-bond donors (Lipinski definition) is 2. The standard InChI is InChI=1S/C13H24N4O.HI/c1-17(2)12(18)9-15-13(16-11-6-7-11)14-8-10-4-3-5-10;/h10-11H,3-9H2,1-2H3,(H2,14,15,16);1H. The molecule has 2 N–H and O–H groups in total. The van der Waals surface area contributed by atoms with E-state index in [4.69, 9.17) is 0 Å². The van der Waals surface area contributed by atoms with Crippen molar-refractivity contribution in [1.82, 2.24) is 15.5 Å². The SMILES string of the molecule is CN(C)C(=O)CN=C(NCC1CCC1)NC1CC1.I. The first-order valence-electron chi connectivity index (χ1n) is 6.90. The van der Waals surface area contributed by atoms with Crippen LogP contribution in [0.2, 0.25) is 0 Å². The molecule has 2 rings (SSSR count). The Hall–Kier alpha value is -0.530. The van der Waals surface area contributed by atoms with Gasteiger partial charge in [-0.15, -0.1) is 24.0 Å². The molecule has 0 heterocycles. The Morgan fingerprint density at radius 1 is 1.26 bits per heavy atom. The van der Waals surface area contributed by atoms with Crippen molar-refractivity contribution in [1.29, 1.82) is 0 Å². The summed E-state index contributed by atoms with van der Waals surface area (Å²) in [5, 5.41) is 6.71. The van der Waals surface area contributed by atoms with Gasteiger partial charge in [0.25, 0.3) is 0 Å². The van der Waals surface area contributed by atoms with Crippen molar-refractivity contribution in [3.63, 3.8) is 0 Å². The maximum atomic E-state index is 11.5. The van der Waals surface area contributed by atoms with Crippen molar-refractivity contribution >= 4 is 35.8 Å². The van der Waals surface area contributed by atoms with E-state index in [0.717, 1.165) is 18.4 Å². The van der Waals surface area contributed by atoms with E-state index in [1.165, 1.54) is 32.1 Å². The maximum absolute atomic E-state index is 11.5. The van der Waals surface area contributed by atoms with Crippen LogP contribution in [-0.2, 0) is 4.79 Å². The fourth-order valence-corrected chi connectivity index (χ4v) is 1.80. The fourth-order valence-electron chi connectivity index (χ4n) is 1.80. The first-order chi connectivity index (χ1) is 8.65. The number of likely N-dealkylation sites (N-methyl/N-ethyl adjacent to an activating group) is 1. The molecule has 0 radical (unpaired) electrons. The predicted molar refractivity (Wildman–Crippen MR) is 87.9 cm³/mol. The quantitative estimate of drug-likeness (QED) is 0.428. The van der Waals surface area contributed by atoms with E-state index < -0.39 is 0 Å². The lowest BCUT2D eigenvalue weighted by Crippen LogP contribution is -2.42. The molecule has 0 unspecified atom stereocenters. The first kappa shape index (κ1) is 16.5. The average Bonchev–Trinajstić information content (AvgIpc) is 3.06. The van der Waals surface area contributed by atoms with Crippen molar-refractivity contribution in [3.05, 3.63) is 0 Å². The molecule has 0 aromatic heterocycles. The monoisotopic (exact) mass is 380 g/mol. The van der Waals surface area contributed by atoms with Crippen molar-refractivity contribution in [2.75, 3.05) is 27.2 Å². The molecule has 0 spiro atoms. The Bertz CT molecular complexity index is 325. The third kappa shape index (κ3) is 5.97. The molecule has 0 aromatic rings. The highest BCUT2D eigenvalue weighted by Crippen LogP contribution is 2.25. The average molecular weight is 380 g/mol. The second-order valence-electron chi connectivity index (χ2n) is 5.55. The van der Waals surface area contributed by atoms with Gasteiger partial charge in [0.05, 0.1) is 0 Å². The van der Waals surface area contributed by atoms with Crippen molar-refractivity contribution < 1.29 is 4.79 Å². The molecule has 0 saturated heterocycles. The minimum Gasteiger partial charge on any atom is -0.356 e. The number of carbonyl (C=O) groups excluding carboxylic acids is 1. The number of carbonyl (C=O) groups is 1. The zero-order chi connectivity index (χ0) is 13.0. The molecule has 19 heavy (non-hydrogen) atoms. The minimum absolute atomic E-state index is 0. The van der Waals surface area contributed by atoms with Gasteiger partial charge in [0, 0.05) is 26.7 Å². The molecule has 2 aliphatic rings. The molecule has 0 aliphatic heterocycles. The number of guanidine groups is 1. The molecule has 5 nitrogen and oxygen atoms in total. The maximum Gasteiger partial charge on any atom is 0.243 e. The lowest BCUT2D eigenvalue weighted by molar-refractivity contribution is -0.127. The highest BCUT2D eigenvalue weighted by molar-refractivity contribution is 14.0. The van der Waals surface area contributed by atoms with E-state index in [9.17, 15) is 4.79 Å². The Kier molecular flexibility index (Phi) is 6.88. The summed E-state index contributed by atoms with van der Waals surface area (Å²) >= 11 is 0. The number of amides is 1. The number of rotatable bonds is 5. The summed E-state index contributed by atoms with van der Waals surface area (Å²) in [6.45, 7) is 1.20. The van der Waals surface area contributed by atoms with Gasteiger partial charge in [-0.1, -0.05) is 6.42 Å². The summed E-state index contributed by atoms with van der Waals surface area (Å²) in [5.74, 6) is 1.64. The van der Waals surface area contributed by atoms with E-state index in [1.54, 1.807) is 19.0 Å². The van der Waals surface area contributed by atoms with Crippen LogP contribution >= 0.6 is 24.0 Å². The van der Waals surface area contributed by atoms with Crippen molar-refractivity contribution in [2.24, 2.45) is 10.9 Å². The number of aliphatic imine (C=N–C) groups is 1. The summed E-state index contributed by atoms with van der Waals surface area (Å²) in [6, 6.07) is 0.562. The molecule has 0 bridgehead atoms. The number of nitrogens with one attached hydrogen (secondary N) is 2. The van der Waals surface area contributed by atoms with Crippen molar-refractivity contribution in [3.8, 4) is 0 Å². The number of hydrogen-bond acceptors (Lipinski definition) is 2. The van der Waals surface area contributed by atoms with Crippen molar-refractivity contribution in [2.45, 2.75) is 38.1 Å². The van der Waals surface area contributed by atoms with Gasteiger partial charge in [0.1, 0.15) is 6.54 Å². The third-order valence-electron chi connectivity index (χ3n) is 3.57. The lowest BCUT2D eigenvalue weighted by Gasteiger charge is -2.26. The van der Waals surface area contributed by atoms with E-state index in [1.807, 2.05) is 0 Å². The summed E-state index contributed by atoms with van der Waals surface area (Å²) in [5.41, 5.74) is 0. The van der Waals surface area contributed by atoms with E-state index in [-0.39, 0.29) is 36.4 Å². The fraction of sp³-hybridized carbons (Fsp3) is 0.846. The Morgan fingerprint density at radius 2 is 1.95 bits per heavy atom. The van der Waals surface area contributed by atoms with Gasteiger partial charge in [-0.3, -0.25) is 4.79 Å². The zero-order valence-electron chi connectivity index (χ0n) is 11.8. The van der Waals surface area contributed by atoms with Gasteiger partial charge < -0.3 is 15.5 Å². The van der Waals surface area contributed by atoms with Gasteiger partial charge in [-0.25, -0.2) is 4.99 Å². The second-order valence-corrected chi connectivity index (χ2v) is 5.55. The van der Waals surface area contributed by atoms with Gasteiger partial charge >= 0.3 is 0 Å². The molecule has 1 amide bonds. The molecule has 2 fully saturated rings. The molecular formula is C13H25IN4O. The minimum atomic E-state index is 0. The van der Waals surface area contributed by atoms with Gasteiger partial charge in [0.2, 0.25) is 5.91 Å². The third-order valence-corrected chi connectivity index (χ3v) is 3.57. The largest absolute Gasteiger partial charge is 0.356 e. The van der Waals surface area contributed by atoms with Crippen LogP contribution in [0, 0.1) is 5.92 Å². The van der Waals surface area contributed by atoms with Crippen LogP contribution < -0.4 is 10.6 Å². The van der Waals surface area contributed by atoms with Crippen LogP contribution in [0.1, 0.15) is 32.1 Å². The van der Waals surface area contributed by atoms with Gasteiger partial charge in [-0.05, 0) is 31.6 Å². The lowest BCUT2D eigenvalue weighted by atomic mass is 9.85. The van der Waals surface area contributed by atoms with Crippen LogP contribution in [-0.4, -0.2) is 50.0 Å². The summed E-state index contributed by atoms with van der Waals surface area (Å²) in [4.78, 5) is 17.4. The number of halogens is 1. The first-order valence-corrected chi connectivity index (χ1v) is 6.90. The molecule has 0 atom stereocenters. The summed E-state index contributed by atoms with van der Waals surface area (Å²) < 4.78 is 0. The van der Waals surface area contributed by atoms with E-state index >= 15 is 0 Å². The van der Waals surface area contributed by atoms with E-state index in [2.05, 4.69) is 15.6 Å². The van der Waals surface area contributed by atoms with Crippen LogP contribution in [0.3, 0.4) is 0 Å². The van der Waals surface area contributed by atoms with Gasteiger partial charge in [0.15, 0.2) is 5.96 Å².